The van der Waals surface area contributed by atoms with Crippen molar-refractivity contribution in [3.05, 3.63) is 61.2 Å². The first-order chi connectivity index (χ1) is 24.8. The Balaban J connectivity index is 1.78. The van der Waals surface area contributed by atoms with Gasteiger partial charge in [-0.2, -0.15) is 0 Å². The van der Waals surface area contributed by atoms with Crippen molar-refractivity contribution in [1.82, 2.24) is 26.2 Å². The van der Waals surface area contributed by atoms with Gasteiger partial charge in [0.25, 0.3) is 5.91 Å². The summed E-state index contributed by atoms with van der Waals surface area (Å²) in [6, 6.07) is 6.05. The molecule has 0 radical (unpaired) electrons. The topological polar surface area (TPSA) is 163 Å². The van der Waals surface area contributed by atoms with Gasteiger partial charge >= 0.3 is 6.09 Å². The first-order valence-electron chi connectivity index (χ1n) is 18.7. The minimum Gasteiger partial charge on any atom is -0.444 e. The van der Waals surface area contributed by atoms with Crippen molar-refractivity contribution in [3.63, 3.8) is 0 Å². The van der Waals surface area contributed by atoms with Crippen molar-refractivity contribution < 1.29 is 33.5 Å². The molecule has 2 fully saturated rings. The number of nitrogens with zero attached hydrogens (tertiary/aromatic N) is 1. The average molecular weight is 722 g/mol. The molecule has 0 aromatic heterocycles. The van der Waals surface area contributed by atoms with E-state index in [9.17, 15) is 28.8 Å². The van der Waals surface area contributed by atoms with Gasteiger partial charge in [-0.15, -0.1) is 13.2 Å². The highest BCUT2D eigenvalue weighted by Crippen LogP contribution is 2.31. The maximum Gasteiger partial charge on any atom is 0.408 e. The summed E-state index contributed by atoms with van der Waals surface area (Å²) in [7, 11) is 0. The molecule has 52 heavy (non-hydrogen) atoms. The van der Waals surface area contributed by atoms with Crippen LogP contribution in [0.2, 0.25) is 0 Å². The summed E-state index contributed by atoms with van der Waals surface area (Å²) in [6.07, 6.45) is 10.9. The summed E-state index contributed by atoms with van der Waals surface area (Å²) in [6.45, 7) is 12.9. The van der Waals surface area contributed by atoms with Gasteiger partial charge in [0.1, 0.15) is 17.7 Å². The maximum absolute atomic E-state index is 14.0. The molecule has 0 aliphatic heterocycles. The van der Waals surface area contributed by atoms with Crippen molar-refractivity contribution in [3.8, 4) is 0 Å². The second kappa shape index (κ2) is 21.1. The lowest BCUT2D eigenvalue weighted by Gasteiger charge is -2.32. The van der Waals surface area contributed by atoms with E-state index in [4.69, 9.17) is 4.74 Å². The van der Waals surface area contributed by atoms with Crippen molar-refractivity contribution in [2.75, 3.05) is 19.6 Å². The maximum atomic E-state index is 14.0. The van der Waals surface area contributed by atoms with Crippen LogP contribution in [0.1, 0.15) is 97.0 Å². The molecule has 3 rings (SSSR count). The molecule has 12 heteroatoms. The van der Waals surface area contributed by atoms with E-state index in [1.54, 1.807) is 32.9 Å². The van der Waals surface area contributed by atoms with E-state index in [1.807, 2.05) is 30.3 Å². The molecule has 0 heterocycles. The molecular formula is C40H59N5O7. The summed E-state index contributed by atoms with van der Waals surface area (Å²) >= 11 is 0. The number of benzene rings is 1. The monoisotopic (exact) mass is 721 g/mol. The van der Waals surface area contributed by atoms with Crippen molar-refractivity contribution in [2.24, 2.45) is 11.8 Å². The fraction of sp³-hybridized carbons (Fsp3) is 0.600. The van der Waals surface area contributed by atoms with Crippen molar-refractivity contribution >= 4 is 35.5 Å². The third-order valence-electron chi connectivity index (χ3n) is 9.47. The van der Waals surface area contributed by atoms with Crippen LogP contribution in [0.4, 0.5) is 4.79 Å². The zero-order chi connectivity index (χ0) is 38.1. The number of carbonyl (C=O) groups is 6. The van der Waals surface area contributed by atoms with E-state index in [0.717, 1.165) is 50.5 Å². The van der Waals surface area contributed by atoms with Gasteiger partial charge < -0.3 is 30.9 Å². The molecule has 2 aliphatic carbocycles. The minimum atomic E-state index is -1.14. The quantitative estimate of drug-likeness (QED) is 0.0824. The standard InChI is InChI=1S/C40H59N5O7/c1-6-8-22-31(44-39(51)52-40(3,4)5)38(50)45(26-30-18-13-14-19-30)27-34(46)42-32(24-29-20-15-21-29)35(47)37(49)43-33(36(48)41-23-9-7-2)25-28-16-11-10-12-17-28/h6-7,10-12,16-17,29-33H,1-2,8-9,13-15,18-27H2,3-5H3,(H,41,48)(H,42,46)(H,43,49)(H,44,51)/t31-,32?,33-/m0/s1. The van der Waals surface area contributed by atoms with Gasteiger partial charge in [0.2, 0.25) is 23.5 Å². The summed E-state index contributed by atoms with van der Waals surface area (Å²) in [5.74, 6) is -2.91. The number of hydrogen-bond acceptors (Lipinski definition) is 7. The van der Waals surface area contributed by atoms with Gasteiger partial charge in [-0.3, -0.25) is 24.0 Å². The number of Topliss-reactive ketones (excluding diaryl/α,β-unsaturated/α-hetero) is 1. The molecule has 1 unspecified atom stereocenters. The van der Waals surface area contributed by atoms with E-state index in [2.05, 4.69) is 34.4 Å². The van der Waals surface area contributed by atoms with Crippen LogP contribution in [-0.2, 0) is 35.1 Å². The Morgan fingerprint density at radius 1 is 0.846 bits per heavy atom. The Bertz CT molecular complexity index is 1380. The normalized spacial score (nSPS) is 16.3. The number of alkyl carbamates (subject to hydrolysis) is 1. The highest BCUT2D eigenvalue weighted by Gasteiger charge is 2.36. The number of carbonyl (C=O) groups excluding carboxylic acids is 6. The van der Waals surface area contributed by atoms with Gasteiger partial charge in [-0.05, 0) is 76.7 Å². The van der Waals surface area contributed by atoms with Gasteiger partial charge in [0.05, 0.1) is 12.6 Å². The number of ketones is 1. The largest absolute Gasteiger partial charge is 0.444 e. The molecule has 2 saturated carbocycles. The number of hydrogen-bond donors (Lipinski definition) is 4. The van der Waals surface area contributed by atoms with E-state index in [1.165, 1.54) is 4.90 Å². The van der Waals surface area contributed by atoms with Crippen LogP contribution in [0.5, 0.6) is 0 Å². The smallest absolute Gasteiger partial charge is 0.408 e. The van der Waals surface area contributed by atoms with Gasteiger partial charge in [-0.1, -0.05) is 74.6 Å². The Kier molecular flexibility index (Phi) is 17.1. The Morgan fingerprint density at radius 2 is 1.50 bits per heavy atom. The van der Waals surface area contributed by atoms with Crippen molar-refractivity contribution in [2.45, 2.75) is 122 Å². The minimum absolute atomic E-state index is 0.155. The molecular weight excluding hydrogens is 662 g/mol. The van der Waals surface area contributed by atoms with Crippen LogP contribution in [0.3, 0.4) is 0 Å². The molecule has 12 nitrogen and oxygen atoms in total. The fourth-order valence-corrected chi connectivity index (χ4v) is 6.52. The van der Waals surface area contributed by atoms with E-state index in [0.29, 0.717) is 25.9 Å². The van der Waals surface area contributed by atoms with E-state index < -0.39 is 59.2 Å². The summed E-state index contributed by atoms with van der Waals surface area (Å²) in [5.41, 5.74) is 0.0306. The third kappa shape index (κ3) is 14.6. The summed E-state index contributed by atoms with van der Waals surface area (Å²) in [4.78, 5) is 82.3. The zero-order valence-electron chi connectivity index (χ0n) is 31.3. The Morgan fingerprint density at radius 3 is 2.10 bits per heavy atom. The van der Waals surface area contributed by atoms with Crippen LogP contribution in [0.15, 0.2) is 55.6 Å². The lowest BCUT2D eigenvalue weighted by molar-refractivity contribution is -0.143. The first kappa shape index (κ1) is 41.9. The van der Waals surface area contributed by atoms with E-state index >= 15 is 0 Å². The second-order valence-electron chi connectivity index (χ2n) is 15.0. The van der Waals surface area contributed by atoms with Crippen LogP contribution in [-0.4, -0.2) is 83.8 Å². The number of rotatable bonds is 21. The molecule has 1 aromatic carbocycles. The molecule has 5 amide bonds. The van der Waals surface area contributed by atoms with Gasteiger partial charge in [0.15, 0.2) is 0 Å². The third-order valence-corrected chi connectivity index (χ3v) is 9.47. The van der Waals surface area contributed by atoms with Gasteiger partial charge in [-0.25, -0.2) is 4.79 Å². The Hall–Kier alpha value is -4.48. The number of ether oxygens (including phenoxy) is 1. The lowest BCUT2D eigenvalue weighted by Crippen LogP contribution is -2.56. The molecule has 4 N–H and O–H groups in total. The molecule has 2 aliphatic rings. The lowest BCUT2D eigenvalue weighted by atomic mass is 9.80. The second-order valence-corrected chi connectivity index (χ2v) is 15.0. The number of allylic oxidation sites excluding steroid dienone is 1. The molecule has 0 spiro atoms. The van der Waals surface area contributed by atoms with E-state index in [-0.39, 0.29) is 37.6 Å². The SMILES string of the molecule is C=CCCNC(=O)[C@H](Cc1ccccc1)NC(=O)C(=O)C(CC1CCC1)NC(=O)CN(CC1CCCC1)C(=O)[C@H](CCC=C)NC(=O)OC(C)(C)C. The van der Waals surface area contributed by atoms with Crippen LogP contribution in [0, 0.1) is 11.8 Å². The molecule has 0 saturated heterocycles. The fourth-order valence-electron chi connectivity index (χ4n) is 6.52. The highest BCUT2D eigenvalue weighted by molar-refractivity contribution is 6.38. The van der Waals surface area contributed by atoms with Crippen molar-refractivity contribution in [1.29, 1.82) is 0 Å². The predicted octanol–water partition coefficient (Wildman–Crippen LogP) is 4.53. The molecule has 1 aromatic rings. The highest BCUT2D eigenvalue weighted by atomic mass is 16.6. The van der Waals surface area contributed by atoms with Crippen LogP contribution >= 0.6 is 0 Å². The first-order valence-corrected chi connectivity index (χ1v) is 18.7. The molecule has 0 bridgehead atoms. The molecule has 286 valence electrons. The Labute approximate surface area is 308 Å². The summed E-state index contributed by atoms with van der Waals surface area (Å²) < 4.78 is 5.42. The predicted molar refractivity (Wildman–Crippen MR) is 200 cm³/mol. The molecule has 3 atom stereocenters. The van der Waals surface area contributed by atoms with Gasteiger partial charge in [0, 0.05) is 19.5 Å². The zero-order valence-corrected chi connectivity index (χ0v) is 31.3. The van der Waals surface area contributed by atoms with Crippen LogP contribution in [0.25, 0.3) is 0 Å². The number of amides is 5. The average Bonchev–Trinajstić information content (AvgIpc) is 3.59. The summed E-state index contributed by atoms with van der Waals surface area (Å²) in [5, 5.41) is 10.9. The number of nitrogens with one attached hydrogen (secondary N) is 4. The van der Waals surface area contributed by atoms with Crippen LogP contribution < -0.4 is 21.3 Å².